The van der Waals surface area contributed by atoms with Gasteiger partial charge in [-0.15, -0.1) is 0 Å². The first-order valence-corrected chi connectivity index (χ1v) is 6.58. The van der Waals surface area contributed by atoms with Crippen molar-refractivity contribution >= 4 is 6.98 Å². The Hall–Kier alpha value is 0.711. The van der Waals surface area contributed by atoms with Gasteiger partial charge in [0.05, 0.1) is 0 Å². The Morgan fingerprint density at radius 3 is 2.16 bits per heavy atom. The quantitative estimate of drug-likeness (QED) is 0.746. The summed E-state index contributed by atoms with van der Waals surface area (Å²) in [6, 6.07) is 8.15. The molecular weight excluding hydrogens is 275 g/mol. The molecule has 0 heterocycles. The van der Waals surface area contributed by atoms with Crippen LogP contribution in [0.25, 0.3) is 0 Å². The van der Waals surface area contributed by atoms with Gasteiger partial charge in [0, 0.05) is 0 Å². The van der Waals surface area contributed by atoms with E-state index in [1.54, 1.807) is 0 Å². The van der Waals surface area contributed by atoms with Crippen molar-refractivity contribution < 1.29 is 64.3 Å². The van der Waals surface area contributed by atoms with Crippen LogP contribution < -0.4 is 51.4 Å². The second-order valence-corrected chi connectivity index (χ2v) is 6.53. The van der Waals surface area contributed by atoms with Crippen LogP contribution in [0.4, 0.5) is 12.9 Å². The fourth-order valence-electron chi connectivity index (χ4n) is 3.75. The van der Waals surface area contributed by atoms with Gasteiger partial charge in [-0.25, -0.2) is 0 Å². The van der Waals surface area contributed by atoms with E-state index >= 15 is 0 Å². The van der Waals surface area contributed by atoms with Gasteiger partial charge in [0.25, 0.3) is 0 Å². The summed E-state index contributed by atoms with van der Waals surface area (Å²) in [7, 11) is 0. The van der Waals surface area contributed by atoms with Crippen LogP contribution in [-0.2, 0) is 5.41 Å². The van der Waals surface area contributed by atoms with Crippen LogP contribution in [0.1, 0.15) is 50.2 Å². The summed E-state index contributed by atoms with van der Waals surface area (Å²) >= 11 is 0. The second-order valence-electron chi connectivity index (χ2n) is 6.53. The zero-order valence-corrected chi connectivity index (χ0v) is 14.8. The van der Waals surface area contributed by atoms with Crippen molar-refractivity contribution in [1.29, 1.82) is 0 Å². The molecule has 2 bridgehead atoms. The van der Waals surface area contributed by atoms with Gasteiger partial charge in [-0.1, -0.05) is 62.7 Å². The third-order valence-electron chi connectivity index (χ3n) is 4.93. The minimum absolute atomic E-state index is 0. The molecule has 5 heteroatoms. The molecule has 0 saturated heterocycles. The molecule has 0 nitrogen and oxygen atoms in total. The Bertz CT molecular complexity index is 476. The first kappa shape index (κ1) is 16.1. The van der Waals surface area contributed by atoms with Gasteiger partial charge >= 0.3 is 58.4 Å². The number of hydrogen-bond acceptors (Lipinski definition) is 0. The van der Waals surface area contributed by atoms with Crippen LogP contribution in [-0.4, -0.2) is 6.98 Å². The fourth-order valence-corrected chi connectivity index (χ4v) is 3.75. The molecule has 0 spiro atoms. The van der Waals surface area contributed by atoms with Crippen LogP contribution in [0, 0.1) is 0 Å². The van der Waals surface area contributed by atoms with E-state index in [0.717, 1.165) is 5.56 Å². The molecule has 0 aromatic heterocycles. The average Bonchev–Trinajstić information content (AvgIpc) is 2.11. The molecule has 0 unspecified atom stereocenters. The van der Waals surface area contributed by atoms with Crippen molar-refractivity contribution in [2.24, 2.45) is 0 Å². The van der Waals surface area contributed by atoms with E-state index in [9.17, 15) is 12.9 Å². The van der Waals surface area contributed by atoms with Crippen molar-refractivity contribution in [2.75, 3.05) is 0 Å². The number of halogens is 3. The molecule has 0 radical (unpaired) electrons. The molecule has 4 rings (SSSR count). The molecule has 0 amide bonds. The zero-order valence-electron chi connectivity index (χ0n) is 11.7. The van der Waals surface area contributed by atoms with Gasteiger partial charge in [0.2, 0.25) is 0 Å². The smallest absolute Gasteiger partial charge is 0.449 e. The Morgan fingerprint density at radius 1 is 1.11 bits per heavy atom. The molecule has 19 heavy (non-hydrogen) atoms. The molecular formula is C14H17BF3K. The van der Waals surface area contributed by atoms with Crippen LogP contribution >= 0.6 is 0 Å². The standard InChI is InChI=1S/C14H17BF3.K/c1-10(2)11-4-3-5-12(6-11)13-7-14(8-13,9-13)15(16,17)18;/h3-6,10H,7-9H2,1-2H3;/q-1;+1. The molecule has 3 aliphatic carbocycles. The zero-order chi connectivity index (χ0) is 13.2. The third kappa shape index (κ3) is 2.30. The average molecular weight is 292 g/mol. The molecule has 0 N–H and O–H groups in total. The van der Waals surface area contributed by atoms with E-state index in [-0.39, 0.29) is 56.8 Å². The Kier molecular flexibility index (Phi) is 4.12. The van der Waals surface area contributed by atoms with E-state index in [0.29, 0.717) is 25.2 Å². The first-order chi connectivity index (χ1) is 8.28. The monoisotopic (exact) mass is 292 g/mol. The van der Waals surface area contributed by atoms with Crippen LogP contribution in [0.3, 0.4) is 0 Å². The van der Waals surface area contributed by atoms with Gasteiger partial charge in [0.1, 0.15) is 0 Å². The van der Waals surface area contributed by atoms with Gasteiger partial charge in [0.15, 0.2) is 0 Å². The Labute approximate surface area is 155 Å². The maximum atomic E-state index is 12.9. The van der Waals surface area contributed by atoms with Crippen molar-refractivity contribution in [3.8, 4) is 0 Å². The first-order valence-electron chi connectivity index (χ1n) is 6.58. The second kappa shape index (κ2) is 4.87. The molecule has 1 aromatic carbocycles. The summed E-state index contributed by atoms with van der Waals surface area (Å²) in [6.45, 7) is -0.431. The Balaban J connectivity index is 0.00000133. The van der Waals surface area contributed by atoms with E-state index in [4.69, 9.17) is 0 Å². The minimum Gasteiger partial charge on any atom is -0.449 e. The summed E-state index contributed by atoms with van der Waals surface area (Å²) < 4.78 is 38.6. The van der Waals surface area contributed by atoms with Crippen LogP contribution in [0.5, 0.6) is 0 Å². The van der Waals surface area contributed by atoms with E-state index in [1.807, 2.05) is 12.1 Å². The summed E-state index contributed by atoms with van der Waals surface area (Å²) in [5, 5.41) is -1.28. The SMILES string of the molecule is CC(C)c1cccc(C23CC([B-](F)(F)F)(C2)C3)c1.[K+]. The molecule has 98 valence electrons. The molecule has 3 saturated carbocycles. The summed E-state index contributed by atoms with van der Waals surface area (Å²) in [4.78, 5) is 0. The Morgan fingerprint density at radius 2 is 1.68 bits per heavy atom. The summed E-state index contributed by atoms with van der Waals surface area (Å²) in [6.07, 6.45) is 0.973. The van der Waals surface area contributed by atoms with Crippen molar-refractivity contribution in [3.05, 3.63) is 35.4 Å². The van der Waals surface area contributed by atoms with Crippen molar-refractivity contribution in [1.82, 2.24) is 0 Å². The predicted molar refractivity (Wildman–Crippen MR) is 67.8 cm³/mol. The van der Waals surface area contributed by atoms with Crippen LogP contribution in [0.2, 0.25) is 5.31 Å². The normalized spacial score (nSPS) is 32.3. The molecule has 3 fully saturated rings. The maximum absolute atomic E-state index is 12.9. The number of rotatable bonds is 3. The van der Waals surface area contributed by atoms with Gasteiger partial charge < -0.3 is 12.9 Å². The summed E-state index contributed by atoms with van der Waals surface area (Å²) in [5.41, 5.74) is 2.20. The molecule has 0 aliphatic heterocycles. The van der Waals surface area contributed by atoms with Gasteiger partial charge in [-0.3, -0.25) is 0 Å². The fraction of sp³-hybridized carbons (Fsp3) is 0.571. The molecule has 1 aromatic rings. The van der Waals surface area contributed by atoms with Gasteiger partial charge in [-0.2, -0.15) is 0 Å². The molecule has 3 aliphatic rings. The maximum Gasteiger partial charge on any atom is 1.00 e. The largest absolute Gasteiger partial charge is 1.00 e. The third-order valence-corrected chi connectivity index (χ3v) is 4.93. The topological polar surface area (TPSA) is 0 Å². The summed E-state index contributed by atoms with van der Waals surface area (Å²) in [5.74, 6) is 0.429. The number of hydrogen-bond donors (Lipinski definition) is 0. The van der Waals surface area contributed by atoms with E-state index in [1.165, 1.54) is 5.56 Å². The predicted octanol–water partition coefficient (Wildman–Crippen LogP) is 1.84. The van der Waals surface area contributed by atoms with E-state index in [2.05, 4.69) is 26.0 Å². The minimum atomic E-state index is -4.66. The van der Waals surface area contributed by atoms with E-state index < -0.39 is 12.3 Å². The van der Waals surface area contributed by atoms with Crippen molar-refractivity contribution in [3.63, 3.8) is 0 Å². The molecule has 0 atom stereocenters. The van der Waals surface area contributed by atoms with Crippen molar-refractivity contribution in [2.45, 2.75) is 49.8 Å². The number of benzene rings is 1. The van der Waals surface area contributed by atoms with Gasteiger partial charge in [-0.05, 0) is 22.5 Å². The van der Waals surface area contributed by atoms with Crippen LogP contribution in [0.15, 0.2) is 24.3 Å².